The van der Waals surface area contributed by atoms with Gasteiger partial charge >= 0.3 is 5.97 Å². The Kier molecular flexibility index (Phi) is 6.34. The number of benzene rings is 3. The first-order valence-corrected chi connectivity index (χ1v) is 8.70. The van der Waals surface area contributed by atoms with Crippen molar-refractivity contribution in [2.75, 3.05) is 0 Å². The largest absolute Gasteiger partial charge is 0.489 e. The molecule has 0 fully saturated rings. The minimum atomic E-state index is -1.10. The predicted octanol–water partition coefficient (Wildman–Crippen LogP) is 4.53. The number of carboxylic acid groups (broad SMARTS) is 1. The molecule has 3 aromatic carbocycles. The molecule has 0 amide bonds. The lowest BCUT2D eigenvalue weighted by Gasteiger charge is -2.10. The van der Waals surface area contributed by atoms with E-state index >= 15 is 0 Å². The second-order valence-corrected chi connectivity index (χ2v) is 6.24. The van der Waals surface area contributed by atoms with Crippen LogP contribution in [0, 0.1) is 11.6 Å². The molecule has 0 spiro atoms. The van der Waals surface area contributed by atoms with Crippen LogP contribution in [0.15, 0.2) is 66.7 Å². The molecule has 0 bridgehead atoms. The number of halogens is 2. The lowest BCUT2D eigenvalue weighted by Crippen LogP contribution is -2.14. The molecule has 0 radical (unpaired) electrons. The van der Waals surface area contributed by atoms with E-state index in [0.29, 0.717) is 17.9 Å². The Labute approximate surface area is 161 Å². The van der Waals surface area contributed by atoms with Crippen molar-refractivity contribution < 1.29 is 23.4 Å². The van der Waals surface area contributed by atoms with Crippen LogP contribution in [0.5, 0.6) is 5.75 Å². The second kappa shape index (κ2) is 9.10. The highest BCUT2D eigenvalue weighted by Crippen LogP contribution is 2.17. The number of carboxylic acids is 1. The summed E-state index contributed by atoms with van der Waals surface area (Å²) in [5.74, 6) is -1.27. The van der Waals surface area contributed by atoms with Gasteiger partial charge in [0, 0.05) is 24.2 Å². The van der Waals surface area contributed by atoms with Gasteiger partial charge in [-0.15, -0.1) is 0 Å². The fourth-order valence-electron chi connectivity index (χ4n) is 2.71. The molecule has 0 aromatic heterocycles. The molecule has 144 valence electrons. The third kappa shape index (κ3) is 5.14. The van der Waals surface area contributed by atoms with Crippen LogP contribution >= 0.6 is 0 Å². The molecule has 0 heterocycles. The molecule has 3 aromatic rings. The van der Waals surface area contributed by atoms with E-state index in [2.05, 4.69) is 5.32 Å². The Hall–Kier alpha value is -3.25. The normalized spacial score (nSPS) is 10.6. The molecule has 28 heavy (non-hydrogen) atoms. The zero-order valence-corrected chi connectivity index (χ0v) is 15.0. The van der Waals surface area contributed by atoms with E-state index < -0.39 is 11.8 Å². The highest BCUT2D eigenvalue weighted by atomic mass is 19.1. The molecule has 0 aliphatic carbocycles. The molecule has 0 aliphatic heterocycles. The van der Waals surface area contributed by atoms with Gasteiger partial charge in [0.1, 0.15) is 24.0 Å². The van der Waals surface area contributed by atoms with Crippen molar-refractivity contribution >= 4 is 5.97 Å². The molecular weight excluding hydrogens is 364 g/mol. The molecule has 2 N–H and O–H groups in total. The summed E-state index contributed by atoms with van der Waals surface area (Å²) in [5.41, 5.74) is 1.70. The lowest BCUT2D eigenvalue weighted by atomic mass is 10.1. The summed E-state index contributed by atoms with van der Waals surface area (Å²) >= 11 is 0. The van der Waals surface area contributed by atoms with Crippen molar-refractivity contribution in [1.82, 2.24) is 5.32 Å². The SMILES string of the molecule is O=C(O)c1ccc(F)c(CNCc2cccc(OCc3ccccc3F)c2)c1. The van der Waals surface area contributed by atoms with E-state index in [1.54, 1.807) is 24.3 Å². The smallest absolute Gasteiger partial charge is 0.335 e. The van der Waals surface area contributed by atoms with Gasteiger partial charge in [-0.3, -0.25) is 0 Å². The first-order chi connectivity index (χ1) is 13.5. The number of ether oxygens (including phenoxy) is 1. The Morgan fingerprint density at radius 3 is 2.46 bits per heavy atom. The van der Waals surface area contributed by atoms with Crippen LogP contribution in [0.2, 0.25) is 0 Å². The Bertz CT molecular complexity index is 976. The second-order valence-electron chi connectivity index (χ2n) is 6.24. The monoisotopic (exact) mass is 383 g/mol. The van der Waals surface area contributed by atoms with Gasteiger partial charge in [0.2, 0.25) is 0 Å². The van der Waals surface area contributed by atoms with Crippen LogP contribution in [0.3, 0.4) is 0 Å². The van der Waals surface area contributed by atoms with Crippen molar-refractivity contribution in [2.45, 2.75) is 19.7 Å². The van der Waals surface area contributed by atoms with Crippen LogP contribution in [0.25, 0.3) is 0 Å². The molecular formula is C22H19F2NO3. The molecule has 0 unspecified atom stereocenters. The topological polar surface area (TPSA) is 58.6 Å². The van der Waals surface area contributed by atoms with Crippen LogP contribution in [0.1, 0.15) is 27.0 Å². The van der Waals surface area contributed by atoms with Gasteiger partial charge in [0.15, 0.2) is 0 Å². The average molecular weight is 383 g/mol. The summed E-state index contributed by atoms with van der Waals surface area (Å²) in [7, 11) is 0. The molecule has 0 aliphatic rings. The maximum atomic E-state index is 13.8. The number of rotatable bonds is 8. The fraction of sp³-hybridized carbons (Fsp3) is 0.136. The number of aromatic carboxylic acids is 1. The van der Waals surface area contributed by atoms with Gasteiger partial charge in [-0.1, -0.05) is 30.3 Å². The predicted molar refractivity (Wildman–Crippen MR) is 101 cm³/mol. The maximum Gasteiger partial charge on any atom is 0.335 e. The molecule has 6 heteroatoms. The minimum absolute atomic E-state index is 0.0433. The van der Waals surface area contributed by atoms with Crippen molar-refractivity contribution in [3.8, 4) is 5.75 Å². The fourth-order valence-corrected chi connectivity index (χ4v) is 2.71. The lowest BCUT2D eigenvalue weighted by molar-refractivity contribution is 0.0696. The first-order valence-electron chi connectivity index (χ1n) is 8.70. The van der Waals surface area contributed by atoms with Crippen LogP contribution in [0.4, 0.5) is 8.78 Å². The molecule has 3 rings (SSSR count). The van der Waals surface area contributed by atoms with Gasteiger partial charge in [0.25, 0.3) is 0 Å². The molecule has 0 saturated carbocycles. The first kappa shape index (κ1) is 19.5. The van der Waals surface area contributed by atoms with E-state index in [9.17, 15) is 13.6 Å². The Morgan fingerprint density at radius 1 is 0.893 bits per heavy atom. The third-order valence-electron chi connectivity index (χ3n) is 4.19. The summed E-state index contributed by atoms with van der Waals surface area (Å²) in [6.07, 6.45) is 0. The highest BCUT2D eigenvalue weighted by Gasteiger charge is 2.08. The zero-order valence-electron chi connectivity index (χ0n) is 15.0. The van der Waals surface area contributed by atoms with E-state index in [4.69, 9.17) is 9.84 Å². The summed E-state index contributed by atoms with van der Waals surface area (Å²) in [4.78, 5) is 11.0. The summed E-state index contributed by atoms with van der Waals surface area (Å²) < 4.78 is 33.1. The zero-order chi connectivity index (χ0) is 19.9. The standard InChI is InChI=1S/C22H19F2NO3/c23-20-7-2-1-5-17(20)14-28-19-6-3-4-15(10-19)12-25-13-18-11-16(22(26)27)8-9-21(18)24/h1-11,25H,12-14H2,(H,26,27). The van der Waals surface area contributed by atoms with Crippen molar-refractivity contribution in [3.63, 3.8) is 0 Å². The molecule has 0 atom stereocenters. The Balaban J connectivity index is 1.57. The molecule has 0 saturated heterocycles. The van der Waals surface area contributed by atoms with E-state index in [1.807, 2.05) is 18.2 Å². The van der Waals surface area contributed by atoms with E-state index in [1.165, 1.54) is 18.2 Å². The third-order valence-corrected chi connectivity index (χ3v) is 4.19. The molecule has 4 nitrogen and oxygen atoms in total. The average Bonchev–Trinajstić information content (AvgIpc) is 2.69. The van der Waals surface area contributed by atoms with Crippen molar-refractivity contribution in [1.29, 1.82) is 0 Å². The number of hydrogen-bond donors (Lipinski definition) is 2. The van der Waals surface area contributed by atoms with Crippen molar-refractivity contribution in [3.05, 3.63) is 101 Å². The Morgan fingerprint density at radius 2 is 1.68 bits per heavy atom. The van der Waals surface area contributed by atoms with Gasteiger partial charge < -0.3 is 15.2 Å². The van der Waals surface area contributed by atoms with Crippen molar-refractivity contribution in [2.24, 2.45) is 0 Å². The van der Waals surface area contributed by atoms with Gasteiger partial charge in [-0.05, 0) is 42.0 Å². The summed E-state index contributed by atoms with van der Waals surface area (Å²) in [6.45, 7) is 0.748. The maximum absolute atomic E-state index is 13.8. The van der Waals surface area contributed by atoms with Crippen LogP contribution < -0.4 is 10.1 Å². The van der Waals surface area contributed by atoms with Gasteiger partial charge in [-0.2, -0.15) is 0 Å². The number of carbonyl (C=O) groups is 1. The highest BCUT2D eigenvalue weighted by molar-refractivity contribution is 5.87. The van der Waals surface area contributed by atoms with Crippen LogP contribution in [-0.2, 0) is 19.7 Å². The quantitative estimate of drug-likeness (QED) is 0.600. The van der Waals surface area contributed by atoms with E-state index in [0.717, 1.165) is 11.6 Å². The van der Waals surface area contributed by atoms with Crippen LogP contribution in [-0.4, -0.2) is 11.1 Å². The summed E-state index contributed by atoms with van der Waals surface area (Å²) in [5, 5.41) is 12.1. The minimum Gasteiger partial charge on any atom is -0.489 e. The van der Waals surface area contributed by atoms with Gasteiger partial charge in [0.05, 0.1) is 5.56 Å². The van der Waals surface area contributed by atoms with E-state index in [-0.39, 0.29) is 30.1 Å². The number of hydrogen-bond acceptors (Lipinski definition) is 3. The summed E-state index contributed by atoms with van der Waals surface area (Å²) in [6, 6.07) is 17.4. The van der Waals surface area contributed by atoms with Gasteiger partial charge in [-0.25, -0.2) is 13.6 Å². The number of nitrogens with one attached hydrogen (secondary N) is 1.